The van der Waals surface area contributed by atoms with Crippen molar-refractivity contribution in [2.75, 3.05) is 0 Å². The van der Waals surface area contributed by atoms with E-state index in [1.807, 2.05) is 25.1 Å². The summed E-state index contributed by atoms with van der Waals surface area (Å²) in [4.78, 5) is 0. The zero-order valence-corrected chi connectivity index (χ0v) is 6.96. The third-order valence-corrected chi connectivity index (χ3v) is 2.02. The first-order chi connectivity index (χ1) is 5.77. The molecule has 0 saturated heterocycles. The first-order valence-corrected chi connectivity index (χ1v) is 3.98. The SMILES string of the molecule is CC1=Cc2c[c]ccc2C(N)N1. The fourth-order valence-electron chi connectivity index (χ4n) is 1.46. The lowest BCUT2D eigenvalue weighted by molar-refractivity contribution is 0.617. The van der Waals surface area contributed by atoms with Gasteiger partial charge in [-0.3, -0.25) is 0 Å². The van der Waals surface area contributed by atoms with Crippen molar-refractivity contribution >= 4 is 6.08 Å². The number of hydrogen-bond acceptors (Lipinski definition) is 2. The zero-order valence-electron chi connectivity index (χ0n) is 6.96. The molecule has 0 saturated carbocycles. The molecule has 1 heterocycles. The number of benzene rings is 1. The maximum Gasteiger partial charge on any atom is 0.101 e. The van der Waals surface area contributed by atoms with Gasteiger partial charge in [0.25, 0.3) is 0 Å². The van der Waals surface area contributed by atoms with Crippen LogP contribution in [0.3, 0.4) is 0 Å². The molecule has 0 aromatic heterocycles. The van der Waals surface area contributed by atoms with Crippen molar-refractivity contribution in [3.8, 4) is 0 Å². The number of fused-ring (bicyclic) bond motifs is 1. The molecule has 0 spiro atoms. The van der Waals surface area contributed by atoms with E-state index >= 15 is 0 Å². The summed E-state index contributed by atoms with van der Waals surface area (Å²) >= 11 is 0. The second kappa shape index (κ2) is 2.64. The van der Waals surface area contributed by atoms with Gasteiger partial charge in [0.2, 0.25) is 0 Å². The smallest absolute Gasteiger partial charge is 0.101 e. The number of allylic oxidation sites excluding steroid dienone is 1. The summed E-state index contributed by atoms with van der Waals surface area (Å²) in [6.45, 7) is 2.01. The van der Waals surface area contributed by atoms with Gasteiger partial charge in [-0.05, 0) is 36.3 Å². The molecule has 1 radical (unpaired) electrons. The largest absolute Gasteiger partial charge is 0.370 e. The molecular formula is C10H11N2. The van der Waals surface area contributed by atoms with Crippen molar-refractivity contribution in [1.82, 2.24) is 5.32 Å². The molecule has 1 unspecified atom stereocenters. The Balaban J connectivity index is 2.55. The van der Waals surface area contributed by atoms with Crippen LogP contribution in [0.15, 0.2) is 23.9 Å². The molecule has 0 fully saturated rings. The Bertz CT molecular complexity index is 328. The Morgan fingerprint density at radius 1 is 1.58 bits per heavy atom. The monoisotopic (exact) mass is 159 g/mol. The minimum atomic E-state index is -0.0698. The quantitative estimate of drug-likeness (QED) is 0.600. The van der Waals surface area contributed by atoms with Crippen LogP contribution in [0.5, 0.6) is 0 Å². The van der Waals surface area contributed by atoms with E-state index in [0.29, 0.717) is 0 Å². The molecule has 1 aromatic carbocycles. The highest BCUT2D eigenvalue weighted by Gasteiger charge is 2.13. The van der Waals surface area contributed by atoms with Crippen LogP contribution < -0.4 is 11.1 Å². The van der Waals surface area contributed by atoms with Crippen molar-refractivity contribution < 1.29 is 0 Å². The maximum absolute atomic E-state index is 5.87. The lowest BCUT2D eigenvalue weighted by Crippen LogP contribution is -2.30. The van der Waals surface area contributed by atoms with E-state index in [2.05, 4.69) is 17.5 Å². The van der Waals surface area contributed by atoms with Crippen LogP contribution in [0.2, 0.25) is 0 Å². The highest BCUT2D eigenvalue weighted by atomic mass is 15.0. The number of nitrogens with two attached hydrogens (primary N) is 1. The van der Waals surface area contributed by atoms with E-state index in [1.54, 1.807) is 0 Å². The molecule has 2 nitrogen and oxygen atoms in total. The third-order valence-electron chi connectivity index (χ3n) is 2.02. The van der Waals surface area contributed by atoms with Gasteiger partial charge < -0.3 is 11.1 Å². The van der Waals surface area contributed by atoms with Crippen LogP contribution in [0.25, 0.3) is 6.08 Å². The molecule has 1 atom stereocenters. The number of hydrogen-bond donors (Lipinski definition) is 2. The summed E-state index contributed by atoms with van der Waals surface area (Å²) < 4.78 is 0. The van der Waals surface area contributed by atoms with Gasteiger partial charge in [0.1, 0.15) is 6.17 Å². The van der Waals surface area contributed by atoms with Crippen molar-refractivity contribution in [3.05, 3.63) is 41.1 Å². The van der Waals surface area contributed by atoms with E-state index in [4.69, 9.17) is 5.73 Å². The van der Waals surface area contributed by atoms with Gasteiger partial charge in [0.15, 0.2) is 0 Å². The molecule has 12 heavy (non-hydrogen) atoms. The van der Waals surface area contributed by atoms with Crippen LogP contribution in [-0.4, -0.2) is 0 Å². The number of nitrogens with one attached hydrogen (secondary N) is 1. The van der Waals surface area contributed by atoms with Crippen molar-refractivity contribution in [2.45, 2.75) is 13.1 Å². The Morgan fingerprint density at radius 2 is 2.42 bits per heavy atom. The summed E-state index contributed by atoms with van der Waals surface area (Å²) in [6, 6.07) is 8.87. The average Bonchev–Trinajstić information content (AvgIpc) is 2.04. The second-order valence-corrected chi connectivity index (χ2v) is 3.00. The lowest BCUT2D eigenvalue weighted by Gasteiger charge is -2.22. The van der Waals surface area contributed by atoms with E-state index in [-0.39, 0.29) is 6.17 Å². The minimum absolute atomic E-state index is 0.0698. The van der Waals surface area contributed by atoms with Crippen LogP contribution in [0.4, 0.5) is 0 Å². The van der Waals surface area contributed by atoms with Crippen molar-refractivity contribution in [3.63, 3.8) is 0 Å². The van der Waals surface area contributed by atoms with Gasteiger partial charge >= 0.3 is 0 Å². The summed E-state index contributed by atoms with van der Waals surface area (Å²) in [5.41, 5.74) is 9.28. The van der Waals surface area contributed by atoms with Crippen molar-refractivity contribution in [2.24, 2.45) is 5.73 Å². The van der Waals surface area contributed by atoms with Crippen LogP contribution >= 0.6 is 0 Å². The normalized spacial score (nSPS) is 20.8. The van der Waals surface area contributed by atoms with Gasteiger partial charge in [0.05, 0.1) is 0 Å². The first-order valence-electron chi connectivity index (χ1n) is 3.98. The Hall–Kier alpha value is -1.28. The molecule has 2 heteroatoms. The minimum Gasteiger partial charge on any atom is -0.370 e. The van der Waals surface area contributed by atoms with E-state index in [1.165, 1.54) is 5.56 Å². The maximum atomic E-state index is 5.87. The fraction of sp³-hybridized carbons (Fsp3) is 0.200. The standard InChI is InChI=1S/C10H11N2/c1-7-6-8-4-2-3-5-9(8)10(11)12-7/h3-6,10,12H,11H2,1H3. The predicted molar refractivity (Wildman–Crippen MR) is 49.0 cm³/mol. The molecule has 1 aromatic rings. The molecule has 3 N–H and O–H groups in total. The highest BCUT2D eigenvalue weighted by Crippen LogP contribution is 2.21. The summed E-state index contributed by atoms with van der Waals surface area (Å²) in [5.74, 6) is 0. The topological polar surface area (TPSA) is 38.0 Å². The van der Waals surface area contributed by atoms with E-state index in [9.17, 15) is 0 Å². The van der Waals surface area contributed by atoms with Gasteiger partial charge in [-0.25, -0.2) is 0 Å². The third kappa shape index (κ3) is 1.10. The van der Waals surface area contributed by atoms with Gasteiger partial charge in [-0.15, -0.1) is 0 Å². The molecule has 1 aliphatic rings. The van der Waals surface area contributed by atoms with Gasteiger partial charge in [-0.1, -0.05) is 12.1 Å². The lowest BCUT2D eigenvalue weighted by atomic mass is 10.0. The fourth-order valence-corrected chi connectivity index (χ4v) is 1.46. The molecule has 0 amide bonds. The van der Waals surface area contributed by atoms with E-state index in [0.717, 1.165) is 11.3 Å². The van der Waals surface area contributed by atoms with Crippen LogP contribution in [0.1, 0.15) is 24.2 Å². The van der Waals surface area contributed by atoms with E-state index < -0.39 is 0 Å². The molecular weight excluding hydrogens is 148 g/mol. The van der Waals surface area contributed by atoms with Crippen molar-refractivity contribution in [1.29, 1.82) is 0 Å². The molecule has 0 aliphatic carbocycles. The molecule has 61 valence electrons. The zero-order chi connectivity index (χ0) is 8.55. The molecule has 2 rings (SSSR count). The second-order valence-electron chi connectivity index (χ2n) is 3.00. The van der Waals surface area contributed by atoms with Crippen LogP contribution in [0, 0.1) is 6.07 Å². The van der Waals surface area contributed by atoms with Crippen LogP contribution in [-0.2, 0) is 0 Å². The molecule has 0 bridgehead atoms. The van der Waals surface area contributed by atoms with Gasteiger partial charge in [0, 0.05) is 5.70 Å². The Morgan fingerprint density at radius 3 is 3.25 bits per heavy atom. The average molecular weight is 159 g/mol. The molecule has 1 aliphatic heterocycles. The predicted octanol–water partition coefficient (Wildman–Crippen LogP) is 1.41. The number of rotatable bonds is 0. The summed E-state index contributed by atoms with van der Waals surface area (Å²) in [7, 11) is 0. The Labute approximate surface area is 72.1 Å². The summed E-state index contributed by atoms with van der Waals surface area (Å²) in [5, 5.41) is 3.16. The highest BCUT2D eigenvalue weighted by molar-refractivity contribution is 5.59. The van der Waals surface area contributed by atoms with Gasteiger partial charge in [-0.2, -0.15) is 0 Å². The first kappa shape index (κ1) is 7.37. The Kier molecular flexibility index (Phi) is 1.62. The summed E-state index contributed by atoms with van der Waals surface area (Å²) in [6.07, 6.45) is 2.01.